The van der Waals surface area contributed by atoms with Gasteiger partial charge in [-0.2, -0.15) is 5.26 Å². The number of halogens is 1. The summed E-state index contributed by atoms with van der Waals surface area (Å²) in [6.07, 6.45) is 3.46. The van der Waals surface area contributed by atoms with Gasteiger partial charge >= 0.3 is 0 Å². The van der Waals surface area contributed by atoms with Crippen LogP contribution in [-0.2, 0) is 4.79 Å². The van der Waals surface area contributed by atoms with Crippen molar-refractivity contribution in [3.63, 3.8) is 0 Å². The first-order valence-corrected chi connectivity index (χ1v) is 9.48. The number of aromatic nitrogens is 2. The summed E-state index contributed by atoms with van der Waals surface area (Å²) in [4.78, 5) is 16.1. The van der Waals surface area contributed by atoms with E-state index in [-0.39, 0.29) is 30.9 Å². The monoisotopic (exact) mass is 386 g/mol. The summed E-state index contributed by atoms with van der Waals surface area (Å²) < 4.78 is 20.6. The van der Waals surface area contributed by atoms with E-state index >= 15 is 0 Å². The van der Waals surface area contributed by atoms with Gasteiger partial charge in [-0.3, -0.25) is 4.79 Å². The molecule has 2 atom stereocenters. The van der Waals surface area contributed by atoms with E-state index in [9.17, 15) is 19.6 Å². The highest BCUT2D eigenvalue weighted by Crippen LogP contribution is 2.42. The lowest BCUT2D eigenvalue weighted by molar-refractivity contribution is -0.122. The van der Waals surface area contributed by atoms with E-state index in [0.717, 1.165) is 5.52 Å². The van der Waals surface area contributed by atoms with E-state index in [1.807, 2.05) is 4.57 Å². The lowest BCUT2D eigenvalue weighted by Gasteiger charge is -2.41. The molecule has 2 heterocycles. The number of nitrogens with zero attached hydrogens (tertiary/aromatic N) is 3. The number of nitriles is 1. The molecule has 7 nitrogen and oxygen atoms in total. The zero-order chi connectivity index (χ0) is 19.9. The van der Waals surface area contributed by atoms with Crippen LogP contribution in [0.25, 0.3) is 11.0 Å². The van der Waals surface area contributed by atoms with E-state index in [0.29, 0.717) is 36.1 Å². The molecule has 1 aromatic carbocycles. The second-order valence-corrected chi connectivity index (χ2v) is 8.13. The third kappa shape index (κ3) is 3.60. The van der Waals surface area contributed by atoms with Gasteiger partial charge in [0, 0.05) is 43.1 Å². The van der Waals surface area contributed by atoms with Crippen LogP contribution < -0.4 is 10.1 Å². The molecule has 8 heteroatoms. The molecular weight excluding hydrogens is 363 g/mol. The predicted molar refractivity (Wildman–Crippen MR) is 99.8 cm³/mol. The molecule has 2 fully saturated rings. The van der Waals surface area contributed by atoms with Crippen molar-refractivity contribution in [3.05, 3.63) is 24.0 Å². The van der Waals surface area contributed by atoms with E-state index in [2.05, 4.69) is 16.4 Å². The zero-order valence-corrected chi connectivity index (χ0v) is 15.7. The summed E-state index contributed by atoms with van der Waals surface area (Å²) in [5.74, 6) is 0.518. The Hall–Kier alpha value is -2.50. The maximum atomic E-state index is 12.9. The van der Waals surface area contributed by atoms with Crippen LogP contribution in [0.5, 0.6) is 5.75 Å². The van der Waals surface area contributed by atoms with Crippen LogP contribution in [0, 0.1) is 11.3 Å². The molecule has 1 aliphatic carbocycles. The molecule has 0 spiro atoms. The molecule has 1 saturated carbocycles. The van der Waals surface area contributed by atoms with Crippen molar-refractivity contribution in [3.8, 4) is 11.8 Å². The van der Waals surface area contributed by atoms with Gasteiger partial charge in [-0.1, -0.05) is 0 Å². The topological polar surface area (TPSA) is 100 Å². The fourth-order valence-corrected chi connectivity index (χ4v) is 4.23. The number of carbonyl (C=O) groups is 1. The van der Waals surface area contributed by atoms with Gasteiger partial charge in [0.1, 0.15) is 30.9 Å². The van der Waals surface area contributed by atoms with Crippen molar-refractivity contribution in [2.24, 2.45) is 0 Å². The van der Waals surface area contributed by atoms with Gasteiger partial charge in [0.25, 0.3) is 0 Å². The lowest BCUT2D eigenvalue weighted by Crippen LogP contribution is -2.49. The normalized spacial score (nSPS) is 30.1. The second-order valence-electron chi connectivity index (χ2n) is 8.13. The van der Waals surface area contributed by atoms with Gasteiger partial charge in [0.05, 0.1) is 28.5 Å². The van der Waals surface area contributed by atoms with Crippen molar-refractivity contribution < 1.29 is 19.0 Å². The highest BCUT2D eigenvalue weighted by atomic mass is 19.1. The molecule has 2 N–H and O–H groups in total. The number of aliphatic hydroxyl groups is 1. The largest absolute Gasteiger partial charge is 0.492 e. The van der Waals surface area contributed by atoms with Crippen molar-refractivity contribution in [1.29, 1.82) is 5.26 Å². The fourth-order valence-electron chi connectivity index (χ4n) is 4.23. The van der Waals surface area contributed by atoms with Crippen LogP contribution in [0.3, 0.4) is 0 Å². The molecule has 2 aliphatic rings. The summed E-state index contributed by atoms with van der Waals surface area (Å²) in [7, 11) is 0. The molecule has 0 unspecified atom stereocenters. The molecule has 1 aliphatic heterocycles. The number of carbonyl (C=O) groups excluding carboxylic acids is 1. The zero-order valence-electron chi connectivity index (χ0n) is 15.7. The van der Waals surface area contributed by atoms with Gasteiger partial charge in [-0.25, -0.2) is 9.37 Å². The number of Topliss-reactive ketones (excluding diaryl/α,β-unsaturated/α-hetero) is 1. The fraction of sp³-hybridized carbons (Fsp3) is 0.550. The average molecular weight is 386 g/mol. The smallest absolute Gasteiger partial charge is 0.136 e. The number of imidazole rings is 1. The number of benzene rings is 1. The molecule has 148 valence electrons. The molecule has 28 heavy (non-hydrogen) atoms. The summed E-state index contributed by atoms with van der Waals surface area (Å²) in [5, 5.41) is 22.7. The Labute approximate surface area is 162 Å². The van der Waals surface area contributed by atoms with Gasteiger partial charge in [0.15, 0.2) is 0 Å². The van der Waals surface area contributed by atoms with Crippen LogP contribution in [0.4, 0.5) is 4.39 Å². The van der Waals surface area contributed by atoms with Gasteiger partial charge in [0.2, 0.25) is 0 Å². The van der Waals surface area contributed by atoms with E-state index in [1.54, 1.807) is 25.4 Å². The van der Waals surface area contributed by atoms with Crippen LogP contribution in [-0.4, -0.2) is 51.4 Å². The number of rotatable bonds is 5. The Morgan fingerprint density at radius 2 is 2.18 bits per heavy atom. The number of hydrogen-bond donors (Lipinski definition) is 2. The Balaban J connectivity index is 1.51. The Morgan fingerprint density at radius 1 is 1.43 bits per heavy atom. The number of ether oxygens (including phenoxy) is 1. The summed E-state index contributed by atoms with van der Waals surface area (Å²) in [5.41, 5.74) is 1.17. The Morgan fingerprint density at radius 3 is 2.86 bits per heavy atom. The van der Waals surface area contributed by atoms with E-state index in [1.165, 1.54) is 0 Å². The third-order valence-electron chi connectivity index (χ3n) is 5.56. The predicted octanol–water partition coefficient (Wildman–Crippen LogP) is 2.03. The van der Waals surface area contributed by atoms with Crippen LogP contribution >= 0.6 is 0 Å². The minimum atomic E-state index is -0.668. The number of hydrogen-bond acceptors (Lipinski definition) is 6. The van der Waals surface area contributed by atoms with E-state index in [4.69, 9.17) is 4.74 Å². The summed E-state index contributed by atoms with van der Waals surface area (Å²) >= 11 is 0. The number of nitrogens with one attached hydrogen (secondary N) is 1. The highest BCUT2D eigenvalue weighted by Gasteiger charge is 2.40. The second kappa shape index (κ2) is 7.15. The Kier molecular flexibility index (Phi) is 4.81. The standard InChI is InChI=1S/C20H23FN4O3/c1-20(27)6-15(7-20)25-11-23-18-5-17(2-12(9-22)19(18)25)28-10-14-4-16(26)3-13(8-21)24-14/h2,5,11,13-15,24,27H,3-4,6-8,10H2,1H3/t13-,14+,15?,20?/m1/s1. The molecule has 2 aromatic rings. The molecule has 4 rings (SSSR count). The maximum absolute atomic E-state index is 12.9. The van der Waals surface area contributed by atoms with Crippen LogP contribution in [0.1, 0.15) is 44.2 Å². The van der Waals surface area contributed by atoms with Crippen molar-refractivity contribution in [2.45, 2.75) is 56.3 Å². The van der Waals surface area contributed by atoms with Crippen molar-refractivity contribution in [1.82, 2.24) is 14.9 Å². The SMILES string of the molecule is CC1(O)CC(n2cnc3cc(OC[C@@H]4CC(=O)C[C@H](CF)N4)cc(C#N)c32)C1. The number of fused-ring (bicyclic) bond motifs is 1. The molecule has 0 radical (unpaired) electrons. The molecule has 1 aromatic heterocycles. The third-order valence-corrected chi connectivity index (χ3v) is 5.56. The molecule has 1 saturated heterocycles. The summed E-state index contributed by atoms with van der Waals surface area (Å²) in [6, 6.07) is 5.04. The van der Waals surface area contributed by atoms with Gasteiger partial charge < -0.3 is 19.7 Å². The maximum Gasteiger partial charge on any atom is 0.136 e. The van der Waals surface area contributed by atoms with Crippen LogP contribution in [0.15, 0.2) is 18.5 Å². The first-order valence-electron chi connectivity index (χ1n) is 9.48. The Bertz CT molecular complexity index is 941. The first-order chi connectivity index (χ1) is 13.4. The number of alkyl halides is 1. The van der Waals surface area contributed by atoms with E-state index < -0.39 is 18.3 Å². The van der Waals surface area contributed by atoms with Crippen molar-refractivity contribution >= 4 is 16.8 Å². The lowest BCUT2D eigenvalue weighted by atomic mass is 9.77. The number of piperidine rings is 1. The minimum Gasteiger partial charge on any atom is -0.492 e. The van der Waals surface area contributed by atoms with Gasteiger partial charge in [-0.15, -0.1) is 0 Å². The molecule has 0 bridgehead atoms. The summed E-state index contributed by atoms with van der Waals surface area (Å²) in [6.45, 7) is 1.43. The number of ketones is 1. The highest BCUT2D eigenvalue weighted by molar-refractivity contribution is 5.84. The molecule has 0 amide bonds. The minimum absolute atomic E-state index is 0.0262. The van der Waals surface area contributed by atoms with Gasteiger partial charge in [-0.05, 0) is 19.8 Å². The molecular formula is C20H23FN4O3. The van der Waals surface area contributed by atoms with Crippen LogP contribution in [0.2, 0.25) is 0 Å². The first kappa shape index (κ1) is 18.8. The quantitative estimate of drug-likeness (QED) is 0.816. The average Bonchev–Trinajstić information content (AvgIpc) is 3.07. The van der Waals surface area contributed by atoms with Crippen molar-refractivity contribution in [2.75, 3.05) is 13.3 Å².